The van der Waals surface area contributed by atoms with E-state index >= 15 is 0 Å². The highest BCUT2D eigenvalue weighted by Gasteiger charge is 2.02. The van der Waals surface area contributed by atoms with Gasteiger partial charge in [0, 0.05) is 11.8 Å². The van der Waals surface area contributed by atoms with E-state index in [-0.39, 0.29) is 24.3 Å². The van der Waals surface area contributed by atoms with Crippen LogP contribution in [0, 0.1) is 5.82 Å². The molecule has 0 heterocycles. The Labute approximate surface area is 114 Å². The summed E-state index contributed by atoms with van der Waals surface area (Å²) in [5.41, 5.74) is 5.71. The molecule has 0 aliphatic heterocycles. The minimum atomic E-state index is -0.311. The summed E-state index contributed by atoms with van der Waals surface area (Å²) < 4.78 is 18.4. The van der Waals surface area contributed by atoms with Gasteiger partial charge in [-0.15, -0.1) is 12.4 Å². The average molecular weight is 280 g/mol. The third-order valence-electron chi connectivity index (χ3n) is 2.30. The number of benzene rings is 1. The number of ether oxygens (including phenoxy) is 1. The van der Waals surface area contributed by atoms with Crippen LogP contribution in [0.25, 0.3) is 0 Å². The Morgan fingerprint density at radius 2 is 2.00 bits per heavy atom. The minimum Gasteiger partial charge on any atom is -0.491 e. The van der Waals surface area contributed by atoms with Crippen LogP contribution in [0.5, 0.6) is 5.75 Å². The van der Waals surface area contributed by atoms with Gasteiger partial charge in [-0.1, -0.05) is 12.1 Å². The van der Waals surface area contributed by atoms with E-state index in [4.69, 9.17) is 10.5 Å². The van der Waals surface area contributed by atoms with E-state index < -0.39 is 0 Å². The smallest absolute Gasteiger partial charge is 0.165 e. The summed E-state index contributed by atoms with van der Waals surface area (Å²) >= 11 is 4.11. The molecule has 0 bridgehead atoms. The number of thiol groups is 1. The summed E-state index contributed by atoms with van der Waals surface area (Å²) in [7, 11) is 0. The van der Waals surface area contributed by atoms with Crippen molar-refractivity contribution in [1.29, 1.82) is 0 Å². The lowest BCUT2D eigenvalue weighted by atomic mass is 10.1. The Bertz CT molecular complexity index is 314. The molecule has 0 unspecified atom stereocenters. The van der Waals surface area contributed by atoms with Crippen molar-refractivity contribution >= 4 is 25.0 Å². The zero-order valence-electron chi connectivity index (χ0n) is 9.64. The summed E-state index contributed by atoms with van der Waals surface area (Å²) in [6.45, 7) is 0.528. The van der Waals surface area contributed by atoms with Crippen molar-refractivity contribution in [1.82, 2.24) is 0 Å². The van der Waals surface area contributed by atoms with Crippen molar-refractivity contribution in [3.63, 3.8) is 0 Å². The van der Waals surface area contributed by atoms with Crippen molar-refractivity contribution in [3.8, 4) is 5.75 Å². The first-order chi connectivity index (χ1) is 7.74. The van der Waals surface area contributed by atoms with Crippen LogP contribution in [-0.4, -0.2) is 18.4 Å². The lowest BCUT2D eigenvalue weighted by Gasteiger charge is -2.09. The van der Waals surface area contributed by atoms with E-state index in [2.05, 4.69) is 12.6 Å². The highest BCUT2D eigenvalue weighted by Crippen LogP contribution is 2.15. The number of hydrogen-bond acceptors (Lipinski definition) is 3. The van der Waals surface area contributed by atoms with Crippen LogP contribution in [0.3, 0.4) is 0 Å². The maximum Gasteiger partial charge on any atom is 0.165 e. The monoisotopic (exact) mass is 279 g/mol. The van der Waals surface area contributed by atoms with E-state index in [1.54, 1.807) is 18.2 Å². The van der Waals surface area contributed by atoms with E-state index in [0.29, 0.717) is 18.1 Å². The largest absolute Gasteiger partial charge is 0.491 e. The summed E-state index contributed by atoms with van der Waals surface area (Å²) in [5.74, 6) is 0.712. The van der Waals surface area contributed by atoms with Crippen LogP contribution in [0.1, 0.15) is 19.3 Å². The molecule has 0 amide bonds. The first kappa shape index (κ1) is 16.6. The Morgan fingerprint density at radius 1 is 1.29 bits per heavy atom. The second kappa shape index (κ2) is 9.57. The Morgan fingerprint density at radius 3 is 2.65 bits per heavy atom. The molecule has 1 atom stereocenters. The molecule has 1 aromatic carbocycles. The van der Waals surface area contributed by atoms with Gasteiger partial charge in [0.15, 0.2) is 11.6 Å². The van der Waals surface area contributed by atoms with Crippen LogP contribution in [0.4, 0.5) is 4.39 Å². The third kappa shape index (κ3) is 6.76. The van der Waals surface area contributed by atoms with Crippen LogP contribution in [0.2, 0.25) is 0 Å². The van der Waals surface area contributed by atoms with E-state index in [1.807, 2.05) is 0 Å². The molecule has 2 N–H and O–H groups in total. The maximum absolute atomic E-state index is 13.1. The first-order valence-corrected chi connectivity index (χ1v) is 6.11. The second-order valence-electron chi connectivity index (χ2n) is 3.72. The predicted octanol–water partition coefficient (Wildman–Crippen LogP) is 3.05. The third-order valence-corrected chi connectivity index (χ3v) is 2.77. The summed E-state index contributed by atoms with van der Waals surface area (Å²) in [6.07, 6.45) is 2.80. The fraction of sp³-hybridized carbons (Fsp3) is 0.500. The van der Waals surface area contributed by atoms with Crippen LogP contribution in [0.15, 0.2) is 24.3 Å². The van der Waals surface area contributed by atoms with Crippen molar-refractivity contribution in [2.75, 3.05) is 12.4 Å². The highest BCUT2D eigenvalue weighted by molar-refractivity contribution is 7.80. The first-order valence-electron chi connectivity index (χ1n) is 5.48. The van der Waals surface area contributed by atoms with Crippen molar-refractivity contribution in [2.45, 2.75) is 25.3 Å². The van der Waals surface area contributed by atoms with Crippen LogP contribution >= 0.6 is 25.0 Å². The van der Waals surface area contributed by atoms with Gasteiger partial charge in [0.1, 0.15) is 0 Å². The molecule has 0 spiro atoms. The molecule has 0 saturated heterocycles. The Hall–Kier alpha value is -0.450. The van der Waals surface area contributed by atoms with Gasteiger partial charge in [-0.3, -0.25) is 0 Å². The molecule has 0 saturated carbocycles. The fourth-order valence-corrected chi connectivity index (χ4v) is 1.53. The SMILES string of the molecule is Cl.N[C@@H](CS)CCCCOc1ccccc1F. The number of para-hydroxylation sites is 1. The molecular weight excluding hydrogens is 261 g/mol. The molecule has 0 aliphatic rings. The zero-order chi connectivity index (χ0) is 11.8. The van der Waals surface area contributed by atoms with Crippen molar-refractivity contribution in [3.05, 3.63) is 30.1 Å². The quantitative estimate of drug-likeness (QED) is 0.594. The molecule has 0 radical (unpaired) electrons. The average Bonchev–Trinajstić information content (AvgIpc) is 2.30. The highest BCUT2D eigenvalue weighted by atomic mass is 35.5. The van der Waals surface area contributed by atoms with Gasteiger partial charge in [-0.25, -0.2) is 4.39 Å². The Kier molecular flexibility index (Phi) is 9.31. The zero-order valence-corrected chi connectivity index (χ0v) is 11.4. The van der Waals surface area contributed by atoms with Gasteiger partial charge in [-0.2, -0.15) is 12.6 Å². The molecule has 17 heavy (non-hydrogen) atoms. The molecule has 1 aromatic rings. The van der Waals surface area contributed by atoms with Crippen molar-refractivity contribution < 1.29 is 9.13 Å². The molecule has 5 heteroatoms. The summed E-state index contributed by atoms with van der Waals surface area (Å²) in [5, 5.41) is 0. The molecule has 1 rings (SSSR count). The second-order valence-corrected chi connectivity index (χ2v) is 4.08. The topological polar surface area (TPSA) is 35.2 Å². The van der Waals surface area contributed by atoms with Crippen molar-refractivity contribution in [2.24, 2.45) is 5.73 Å². The molecule has 0 fully saturated rings. The minimum absolute atomic E-state index is 0. The molecule has 98 valence electrons. The van der Waals surface area contributed by atoms with Gasteiger partial charge in [-0.05, 0) is 31.4 Å². The van der Waals surface area contributed by atoms with E-state index in [0.717, 1.165) is 19.3 Å². The molecule has 0 aromatic heterocycles. The van der Waals surface area contributed by atoms with Gasteiger partial charge < -0.3 is 10.5 Å². The van der Waals surface area contributed by atoms with Crippen LogP contribution in [-0.2, 0) is 0 Å². The lowest BCUT2D eigenvalue weighted by Crippen LogP contribution is -2.21. The lowest BCUT2D eigenvalue weighted by molar-refractivity contribution is 0.289. The Balaban J connectivity index is 0.00000256. The molecule has 0 aliphatic carbocycles. The van der Waals surface area contributed by atoms with Crippen LogP contribution < -0.4 is 10.5 Å². The molecule has 2 nitrogen and oxygen atoms in total. The number of hydrogen-bond donors (Lipinski definition) is 2. The summed E-state index contributed by atoms with van der Waals surface area (Å²) in [4.78, 5) is 0. The van der Waals surface area contributed by atoms with Gasteiger partial charge in [0.25, 0.3) is 0 Å². The fourth-order valence-electron chi connectivity index (χ4n) is 1.34. The van der Waals surface area contributed by atoms with Gasteiger partial charge >= 0.3 is 0 Å². The van der Waals surface area contributed by atoms with Gasteiger partial charge in [0.2, 0.25) is 0 Å². The molecular formula is C12H19ClFNOS. The number of halogens is 2. The number of nitrogens with two attached hydrogens (primary N) is 1. The predicted molar refractivity (Wildman–Crippen MR) is 74.8 cm³/mol. The summed E-state index contributed by atoms with van der Waals surface area (Å²) in [6, 6.07) is 6.58. The standard InChI is InChI=1S/C12H18FNOS.ClH/c13-11-6-1-2-7-12(11)15-8-4-3-5-10(14)9-16;/h1-2,6-7,10,16H,3-5,8-9,14H2;1H/t10-;/m1./s1. The maximum atomic E-state index is 13.1. The number of unbranched alkanes of at least 4 members (excludes halogenated alkanes) is 1. The van der Waals surface area contributed by atoms with Gasteiger partial charge in [0.05, 0.1) is 6.61 Å². The van der Waals surface area contributed by atoms with E-state index in [1.165, 1.54) is 6.07 Å². The normalized spacial score (nSPS) is 11.7. The van der Waals surface area contributed by atoms with E-state index in [9.17, 15) is 4.39 Å². The number of rotatable bonds is 7.